The Kier molecular flexibility index (Phi) is 3.14. The van der Waals surface area contributed by atoms with Gasteiger partial charge in [-0.25, -0.2) is 0 Å². The molecule has 0 aromatic rings. The van der Waals surface area contributed by atoms with Crippen LogP contribution >= 0.6 is 0 Å². The van der Waals surface area contributed by atoms with Crippen molar-refractivity contribution in [2.75, 3.05) is 26.2 Å². The Bertz CT molecular complexity index is 276. The SMILES string of the molecule is CC(=O)N1CCN2C[C@@H](C(=O)O)CC[C@H]2C1. The van der Waals surface area contributed by atoms with Gasteiger partial charge in [-0.2, -0.15) is 0 Å². The van der Waals surface area contributed by atoms with Crippen LogP contribution in [-0.2, 0) is 9.59 Å². The van der Waals surface area contributed by atoms with E-state index < -0.39 is 5.97 Å². The van der Waals surface area contributed by atoms with Crippen LogP contribution < -0.4 is 0 Å². The number of carbonyl (C=O) groups excluding carboxylic acids is 1. The summed E-state index contributed by atoms with van der Waals surface area (Å²) in [5.41, 5.74) is 0. The van der Waals surface area contributed by atoms with Gasteiger partial charge in [0, 0.05) is 39.1 Å². The molecule has 2 saturated heterocycles. The van der Waals surface area contributed by atoms with Gasteiger partial charge in [-0.05, 0) is 12.8 Å². The highest BCUT2D eigenvalue weighted by Crippen LogP contribution is 2.25. The summed E-state index contributed by atoms with van der Waals surface area (Å²) in [5.74, 6) is -0.785. The number of fused-ring (bicyclic) bond motifs is 1. The van der Waals surface area contributed by atoms with E-state index in [2.05, 4.69) is 4.90 Å². The first-order chi connectivity index (χ1) is 7.58. The molecule has 2 heterocycles. The van der Waals surface area contributed by atoms with E-state index in [9.17, 15) is 9.59 Å². The highest BCUT2D eigenvalue weighted by atomic mass is 16.4. The van der Waals surface area contributed by atoms with Crippen molar-refractivity contribution in [3.8, 4) is 0 Å². The fourth-order valence-electron chi connectivity index (χ4n) is 2.66. The van der Waals surface area contributed by atoms with Crippen LogP contribution in [0.3, 0.4) is 0 Å². The smallest absolute Gasteiger partial charge is 0.307 e. The number of rotatable bonds is 1. The van der Waals surface area contributed by atoms with E-state index in [0.29, 0.717) is 12.6 Å². The summed E-state index contributed by atoms with van der Waals surface area (Å²) < 4.78 is 0. The molecule has 1 N–H and O–H groups in total. The second-order valence-electron chi connectivity index (χ2n) is 4.73. The molecule has 2 atom stereocenters. The predicted octanol–water partition coefficient (Wildman–Crippen LogP) is 0.0137. The zero-order chi connectivity index (χ0) is 11.7. The number of piperazine rings is 1. The Morgan fingerprint density at radius 1 is 1.19 bits per heavy atom. The van der Waals surface area contributed by atoms with Crippen molar-refractivity contribution in [3.05, 3.63) is 0 Å². The summed E-state index contributed by atoms with van der Waals surface area (Å²) in [6.45, 7) is 4.55. The number of hydrogen-bond acceptors (Lipinski definition) is 3. The first kappa shape index (κ1) is 11.4. The molecular formula is C11H18N2O3. The molecule has 2 aliphatic rings. The summed E-state index contributed by atoms with van der Waals surface area (Å²) in [6, 6.07) is 0.369. The molecule has 0 saturated carbocycles. The van der Waals surface area contributed by atoms with Gasteiger partial charge >= 0.3 is 5.97 Å². The average molecular weight is 226 g/mol. The van der Waals surface area contributed by atoms with Crippen molar-refractivity contribution in [2.24, 2.45) is 5.92 Å². The topological polar surface area (TPSA) is 60.9 Å². The van der Waals surface area contributed by atoms with Crippen molar-refractivity contribution < 1.29 is 14.7 Å². The normalized spacial score (nSPS) is 30.9. The van der Waals surface area contributed by atoms with Gasteiger partial charge < -0.3 is 10.0 Å². The molecule has 2 aliphatic heterocycles. The molecule has 0 aromatic heterocycles. The van der Waals surface area contributed by atoms with Gasteiger partial charge in [0.1, 0.15) is 0 Å². The number of aliphatic carboxylic acids is 1. The molecule has 0 bridgehead atoms. The Labute approximate surface area is 95.0 Å². The van der Waals surface area contributed by atoms with E-state index in [1.54, 1.807) is 6.92 Å². The number of piperidine rings is 1. The van der Waals surface area contributed by atoms with Crippen LogP contribution in [0.1, 0.15) is 19.8 Å². The molecule has 0 spiro atoms. The maximum Gasteiger partial charge on any atom is 0.307 e. The standard InChI is InChI=1S/C11H18N2O3/c1-8(14)12-4-5-13-6-9(11(15)16)2-3-10(13)7-12/h9-10H,2-7H2,1H3,(H,15,16)/t9-,10-/m0/s1. The Balaban J connectivity index is 1.95. The van der Waals surface area contributed by atoms with Gasteiger partial charge in [-0.1, -0.05) is 0 Å². The third-order valence-electron chi connectivity index (χ3n) is 3.70. The lowest BCUT2D eigenvalue weighted by Gasteiger charge is -2.45. The summed E-state index contributed by atoms with van der Waals surface area (Å²) in [4.78, 5) is 26.3. The second kappa shape index (κ2) is 4.41. The number of carbonyl (C=O) groups is 2. The number of nitrogens with zero attached hydrogens (tertiary/aromatic N) is 2. The lowest BCUT2D eigenvalue weighted by molar-refractivity contribution is -0.146. The van der Waals surface area contributed by atoms with Crippen molar-refractivity contribution >= 4 is 11.9 Å². The van der Waals surface area contributed by atoms with Gasteiger partial charge in [0.05, 0.1) is 5.92 Å². The van der Waals surface area contributed by atoms with Crippen molar-refractivity contribution in [2.45, 2.75) is 25.8 Å². The Morgan fingerprint density at radius 3 is 2.56 bits per heavy atom. The highest BCUT2D eigenvalue weighted by molar-refractivity contribution is 5.73. The third-order valence-corrected chi connectivity index (χ3v) is 3.70. The van der Waals surface area contributed by atoms with Crippen LogP contribution in [0.2, 0.25) is 0 Å². The molecule has 5 heteroatoms. The van der Waals surface area contributed by atoms with Crippen LogP contribution in [-0.4, -0.2) is 59.0 Å². The van der Waals surface area contributed by atoms with Gasteiger partial charge in [0.25, 0.3) is 0 Å². The maximum atomic E-state index is 11.3. The van der Waals surface area contributed by atoms with Crippen molar-refractivity contribution in [1.29, 1.82) is 0 Å². The fourth-order valence-corrected chi connectivity index (χ4v) is 2.66. The molecule has 0 unspecified atom stereocenters. The van der Waals surface area contributed by atoms with Gasteiger partial charge in [-0.3, -0.25) is 14.5 Å². The van der Waals surface area contributed by atoms with Gasteiger partial charge in [0.2, 0.25) is 5.91 Å². The quantitative estimate of drug-likeness (QED) is 0.684. The maximum absolute atomic E-state index is 11.3. The highest BCUT2D eigenvalue weighted by Gasteiger charge is 2.35. The fraction of sp³-hybridized carbons (Fsp3) is 0.818. The average Bonchev–Trinajstić information content (AvgIpc) is 2.27. The number of hydrogen-bond donors (Lipinski definition) is 1. The number of amides is 1. The largest absolute Gasteiger partial charge is 0.481 e. The lowest BCUT2D eigenvalue weighted by atomic mass is 9.91. The summed E-state index contributed by atoms with van der Waals surface area (Å²) in [5, 5.41) is 8.98. The van der Waals surface area contributed by atoms with Gasteiger partial charge in [0.15, 0.2) is 0 Å². The molecule has 16 heavy (non-hydrogen) atoms. The first-order valence-electron chi connectivity index (χ1n) is 5.80. The van der Waals surface area contributed by atoms with E-state index in [4.69, 9.17) is 5.11 Å². The van der Waals surface area contributed by atoms with Crippen molar-refractivity contribution in [1.82, 2.24) is 9.80 Å². The predicted molar refractivity (Wildman–Crippen MR) is 58.0 cm³/mol. The van der Waals surface area contributed by atoms with Crippen LogP contribution in [0.5, 0.6) is 0 Å². The third kappa shape index (κ3) is 2.19. The van der Waals surface area contributed by atoms with E-state index in [1.165, 1.54) is 0 Å². The molecule has 2 fully saturated rings. The summed E-state index contributed by atoms with van der Waals surface area (Å²) >= 11 is 0. The molecule has 5 nitrogen and oxygen atoms in total. The zero-order valence-corrected chi connectivity index (χ0v) is 9.56. The molecule has 1 amide bonds. The molecule has 90 valence electrons. The molecule has 0 radical (unpaired) electrons. The number of carboxylic acids is 1. The minimum Gasteiger partial charge on any atom is -0.481 e. The Hall–Kier alpha value is -1.10. The zero-order valence-electron chi connectivity index (χ0n) is 9.56. The van der Waals surface area contributed by atoms with Crippen LogP contribution in [0, 0.1) is 5.92 Å². The van der Waals surface area contributed by atoms with E-state index in [-0.39, 0.29) is 11.8 Å². The van der Waals surface area contributed by atoms with E-state index in [0.717, 1.165) is 32.5 Å². The van der Waals surface area contributed by atoms with E-state index >= 15 is 0 Å². The summed E-state index contributed by atoms with van der Waals surface area (Å²) in [7, 11) is 0. The first-order valence-corrected chi connectivity index (χ1v) is 5.80. The van der Waals surface area contributed by atoms with Gasteiger partial charge in [-0.15, -0.1) is 0 Å². The molecular weight excluding hydrogens is 208 g/mol. The van der Waals surface area contributed by atoms with Crippen LogP contribution in [0.25, 0.3) is 0 Å². The molecule has 0 aliphatic carbocycles. The lowest BCUT2D eigenvalue weighted by Crippen LogP contribution is -2.57. The minimum atomic E-state index is -0.688. The monoisotopic (exact) mass is 226 g/mol. The van der Waals surface area contributed by atoms with Crippen LogP contribution in [0.4, 0.5) is 0 Å². The van der Waals surface area contributed by atoms with E-state index in [1.807, 2.05) is 4.90 Å². The molecule has 0 aromatic carbocycles. The Morgan fingerprint density at radius 2 is 1.94 bits per heavy atom. The summed E-state index contributed by atoms with van der Waals surface area (Å²) in [6.07, 6.45) is 1.63. The molecule has 2 rings (SSSR count). The second-order valence-corrected chi connectivity index (χ2v) is 4.73. The number of carboxylic acid groups (broad SMARTS) is 1. The van der Waals surface area contributed by atoms with Crippen LogP contribution in [0.15, 0.2) is 0 Å². The van der Waals surface area contributed by atoms with Crippen molar-refractivity contribution in [3.63, 3.8) is 0 Å². The minimum absolute atomic E-state index is 0.125.